The maximum absolute atomic E-state index is 6.36. The van der Waals surface area contributed by atoms with Crippen LogP contribution in [0.2, 0.25) is 0 Å². The lowest BCUT2D eigenvalue weighted by atomic mass is 9.92. The molecule has 0 spiro atoms. The minimum Gasteiger partial charge on any atom is -0.372 e. The van der Waals surface area contributed by atoms with Crippen LogP contribution in [-0.4, -0.2) is 34.2 Å². The average molecular weight is 384 g/mol. The summed E-state index contributed by atoms with van der Waals surface area (Å²) in [4.78, 5) is 0. The molecule has 146 valence electrons. The molecule has 0 saturated carbocycles. The number of fused-ring (bicyclic) bond motifs is 1. The van der Waals surface area contributed by atoms with Gasteiger partial charge in [-0.1, -0.05) is 59.8 Å². The summed E-state index contributed by atoms with van der Waals surface area (Å²) in [5.74, 6) is 0.245. The number of ether oxygens (including phenoxy) is 1. The second kappa shape index (κ2) is 8.15. The summed E-state index contributed by atoms with van der Waals surface area (Å²) >= 11 is 0. The van der Waals surface area contributed by atoms with Gasteiger partial charge in [0.1, 0.15) is 0 Å². The molecule has 0 radical (unpaired) electrons. The van der Waals surface area contributed by atoms with Gasteiger partial charge in [0.05, 0.1) is 30.3 Å². The Balaban J connectivity index is 1.31. The van der Waals surface area contributed by atoms with E-state index in [4.69, 9.17) is 4.74 Å². The maximum Gasteiger partial charge on any atom is 0.0889 e. The van der Waals surface area contributed by atoms with Crippen LogP contribution >= 0.6 is 0 Å². The van der Waals surface area contributed by atoms with Gasteiger partial charge in [-0.15, -0.1) is 5.10 Å². The number of para-hydroxylation sites is 1. The third-order valence-electron chi connectivity index (χ3n) is 5.62. The lowest BCUT2D eigenvalue weighted by molar-refractivity contribution is 0.00970. The third-order valence-corrected chi connectivity index (χ3v) is 5.62. The second-order valence-electron chi connectivity index (χ2n) is 7.55. The zero-order valence-electron chi connectivity index (χ0n) is 16.2. The fourth-order valence-corrected chi connectivity index (χ4v) is 4.03. The molecule has 1 N–H and O–H groups in total. The molecule has 1 fully saturated rings. The van der Waals surface area contributed by atoms with Crippen molar-refractivity contribution < 1.29 is 4.74 Å². The summed E-state index contributed by atoms with van der Waals surface area (Å²) in [6.45, 7) is 2.40. The smallest absolute Gasteiger partial charge is 0.0889 e. The molecule has 2 heterocycles. The summed E-state index contributed by atoms with van der Waals surface area (Å²) in [6, 6.07) is 25.1. The Morgan fingerprint density at radius 2 is 1.79 bits per heavy atom. The molecule has 5 rings (SSSR count). The van der Waals surface area contributed by atoms with E-state index in [9.17, 15) is 0 Å². The molecule has 4 aromatic rings. The first kappa shape index (κ1) is 18.0. The van der Waals surface area contributed by atoms with Gasteiger partial charge in [0.2, 0.25) is 0 Å². The number of piperidine rings is 1. The number of nitrogens with zero attached hydrogens (tertiary/aromatic N) is 3. The van der Waals surface area contributed by atoms with Crippen molar-refractivity contribution in [3.8, 4) is 5.69 Å². The molecule has 0 bridgehead atoms. The van der Waals surface area contributed by atoms with Crippen LogP contribution in [0.15, 0.2) is 79.0 Å². The van der Waals surface area contributed by atoms with Gasteiger partial charge in [-0.2, -0.15) is 0 Å². The Labute approximate surface area is 170 Å². The quantitative estimate of drug-likeness (QED) is 0.563. The van der Waals surface area contributed by atoms with Gasteiger partial charge in [-0.05, 0) is 47.5 Å². The zero-order chi connectivity index (χ0) is 19.5. The normalized spacial score (nSPS) is 19.4. The van der Waals surface area contributed by atoms with Gasteiger partial charge < -0.3 is 10.1 Å². The van der Waals surface area contributed by atoms with Crippen molar-refractivity contribution in [1.82, 2.24) is 20.3 Å². The molecule has 2 atom stereocenters. The predicted molar refractivity (Wildman–Crippen MR) is 114 cm³/mol. The van der Waals surface area contributed by atoms with E-state index in [1.165, 1.54) is 16.3 Å². The van der Waals surface area contributed by atoms with E-state index < -0.39 is 0 Å². The predicted octanol–water partition coefficient (Wildman–Crippen LogP) is 4.08. The van der Waals surface area contributed by atoms with Crippen LogP contribution in [0.5, 0.6) is 0 Å². The highest BCUT2D eigenvalue weighted by Crippen LogP contribution is 2.27. The van der Waals surface area contributed by atoms with Crippen LogP contribution in [-0.2, 0) is 11.3 Å². The molecule has 0 amide bonds. The van der Waals surface area contributed by atoms with Gasteiger partial charge in [-0.3, -0.25) is 0 Å². The second-order valence-corrected chi connectivity index (χ2v) is 7.55. The van der Waals surface area contributed by atoms with E-state index in [-0.39, 0.29) is 12.0 Å². The van der Waals surface area contributed by atoms with Crippen molar-refractivity contribution >= 4 is 10.8 Å². The van der Waals surface area contributed by atoms with Crippen LogP contribution < -0.4 is 5.32 Å². The molecule has 0 aliphatic carbocycles. The van der Waals surface area contributed by atoms with Gasteiger partial charge in [0.25, 0.3) is 0 Å². The summed E-state index contributed by atoms with van der Waals surface area (Å²) < 4.78 is 8.21. The molecule has 1 aromatic heterocycles. The first-order valence-corrected chi connectivity index (χ1v) is 10.1. The van der Waals surface area contributed by atoms with Gasteiger partial charge in [0.15, 0.2) is 0 Å². The van der Waals surface area contributed by atoms with E-state index in [2.05, 4.69) is 58.1 Å². The van der Waals surface area contributed by atoms with Crippen LogP contribution in [0.4, 0.5) is 0 Å². The summed E-state index contributed by atoms with van der Waals surface area (Å²) in [5.41, 5.74) is 3.22. The van der Waals surface area contributed by atoms with Crippen molar-refractivity contribution in [2.75, 3.05) is 13.1 Å². The topological polar surface area (TPSA) is 52.0 Å². The Bertz CT molecular complexity index is 1090. The molecule has 29 heavy (non-hydrogen) atoms. The summed E-state index contributed by atoms with van der Waals surface area (Å²) in [6.07, 6.45) is 3.12. The molecule has 1 aliphatic heterocycles. The van der Waals surface area contributed by atoms with Crippen molar-refractivity contribution in [2.24, 2.45) is 0 Å². The lowest BCUT2D eigenvalue weighted by Gasteiger charge is -2.30. The number of hydrogen-bond donors (Lipinski definition) is 1. The third kappa shape index (κ3) is 3.92. The molecule has 2 unspecified atom stereocenters. The number of rotatable bonds is 5. The van der Waals surface area contributed by atoms with Crippen molar-refractivity contribution in [1.29, 1.82) is 0 Å². The molecular weight excluding hydrogens is 360 g/mol. The Hall–Kier alpha value is -3.02. The molecular formula is C24H24N4O. The number of aromatic nitrogens is 3. The highest BCUT2D eigenvalue weighted by Gasteiger charge is 2.29. The number of hydrogen-bond acceptors (Lipinski definition) is 4. The minimum absolute atomic E-state index is 0.0798. The first-order chi connectivity index (χ1) is 14.4. The van der Waals surface area contributed by atoms with E-state index in [1.54, 1.807) is 0 Å². The minimum atomic E-state index is 0.0798. The van der Waals surface area contributed by atoms with Gasteiger partial charge in [-0.25, -0.2) is 4.68 Å². The Morgan fingerprint density at radius 1 is 0.966 bits per heavy atom. The van der Waals surface area contributed by atoms with Crippen LogP contribution in [0, 0.1) is 0 Å². The molecule has 1 saturated heterocycles. The summed E-state index contributed by atoms with van der Waals surface area (Å²) in [7, 11) is 0. The summed E-state index contributed by atoms with van der Waals surface area (Å²) in [5, 5.41) is 14.8. The Morgan fingerprint density at radius 3 is 2.69 bits per heavy atom. The SMILES string of the molecule is c1ccc(-n2cc(C3CCNCC3OCc3ccc4ccccc4c3)nn2)cc1. The standard InChI is InChI=1S/C24H24N4O/c1-2-8-21(9-3-1)28-16-23(26-27-28)22-12-13-25-15-24(22)29-17-18-10-11-19-6-4-5-7-20(19)14-18/h1-11,14,16,22,24-25H,12-13,15,17H2. The first-order valence-electron chi connectivity index (χ1n) is 10.1. The molecule has 5 nitrogen and oxygen atoms in total. The molecule has 3 aromatic carbocycles. The number of nitrogens with one attached hydrogen (secondary N) is 1. The highest BCUT2D eigenvalue weighted by molar-refractivity contribution is 5.82. The maximum atomic E-state index is 6.36. The molecule has 5 heteroatoms. The average Bonchev–Trinajstić information content (AvgIpc) is 3.28. The van der Waals surface area contributed by atoms with Gasteiger partial charge in [0, 0.05) is 12.5 Å². The lowest BCUT2D eigenvalue weighted by Crippen LogP contribution is -2.41. The van der Waals surface area contributed by atoms with Crippen molar-refractivity contribution in [3.05, 3.63) is 90.3 Å². The number of benzene rings is 3. The fourth-order valence-electron chi connectivity index (χ4n) is 4.03. The van der Waals surface area contributed by atoms with Crippen molar-refractivity contribution in [3.63, 3.8) is 0 Å². The Kier molecular flexibility index (Phi) is 5.07. The monoisotopic (exact) mass is 384 g/mol. The molecule has 1 aliphatic rings. The van der Waals surface area contributed by atoms with Crippen LogP contribution in [0.3, 0.4) is 0 Å². The van der Waals surface area contributed by atoms with Gasteiger partial charge >= 0.3 is 0 Å². The van der Waals surface area contributed by atoms with E-state index in [1.807, 2.05) is 41.2 Å². The van der Waals surface area contributed by atoms with E-state index in [0.29, 0.717) is 6.61 Å². The van der Waals surface area contributed by atoms with Crippen molar-refractivity contribution in [2.45, 2.75) is 25.0 Å². The van der Waals surface area contributed by atoms with E-state index in [0.717, 1.165) is 30.9 Å². The highest BCUT2D eigenvalue weighted by atomic mass is 16.5. The van der Waals surface area contributed by atoms with Crippen LogP contribution in [0.1, 0.15) is 23.6 Å². The largest absolute Gasteiger partial charge is 0.372 e. The fraction of sp³-hybridized carbons (Fsp3) is 0.250. The van der Waals surface area contributed by atoms with E-state index >= 15 is 0 Å². The van der Waals surface area contributed by atoms with Crippen LogP contribution in [0.25, 0.3) is 16.5 Å². The zero-order valence-corrected chi connectivity index (χ0v) is 16.2.